The van der Waals surface area contributed by atoms with E-state index in [1.807, 2.05) is 6.92 Å². The van der Waals surface area contributed by atoms with Gasteiger partial charge >= 0.3 is 0 Å². The largest absolute Gasteiger partial charge is 0.317 e. The van der Waals surface area contributed by atoms with E-state index in [-0.39, 0.29) is 5.92 Å². The smallest absolute Gasteiger partial charge is 0.149 e. The molecule has 1 aliphatic rings. The highest BCUT2D eigenvalue weighted by Gasteiger charge is 2.21. The first-order chi connectivity index (χ1) is 7.15. The van der Waals surface area contributed by atoms with Gasteiger partial charge in [0, 0.05) is 12.0 Å². The van der Waals surface area contributed by atoms with Gasteiger partial charge in [0.25, 0.3) is 0 Å². The van der Waals surface area contributed by atoms with Crippen molar-refractivity contribution < 1.29 is 4.79 Å². The highest BCUT2D eigenvalue weighted by molar-refractivity contribution is 5.82. The molecule has 0 saturated carbocycles. The number of likely N-dealkylation sites (N-methyl/N-ethyl adjacent to an activating group) is 1. The summed E-state index contributed by atoms with van der Waals surface area (Å²) >= 11 is 0. The van der Waals surface area contributed by atoms with E-state index in [2.05, 4.69) is 24.2 Å². The summed E-state index contributed by atoms with van der Waals surface area (Å²) in [5.74, 6) is 0.604. The zero-order valence-electron chi connectivity index (χ0n) is 10.3. The van der Waals surface area contributed by atoms with E-state index in [1.54, 1.807) is 0 Å². The normalized spacial score (nSPS) is 20.5. The fourth-order valence-electron chi connectivity index (χ4n) is 2.01. The van der Waals surface area contributed by atoms with Crippen LogP contribution in [0.5, 0.6) is 0 Å². The van der Waals surface area contributed by atoms with E-state index in [1.165, 1.54) is 12.8 Å². The van der Waals surface area contributed by atoms with Gasteiger partial charge in [0.1, 0.15) is 5.78 Å². The number of piperidine rings is 1. The van der Waals surface area contributed by atoms with Gasteiger partial charge < -0.3 is 5.32 Å². The van der Waals surface area contributed by atoms with Crippen molar-refractivity contribution in [3.05, 3.63) is 0 Å². The van der Waals surface area contributed by atoms with Gasteiger partial charge in [0.15, 0.2) is 0 Å². The standard InChI is InChI=1S/C12H24N2O/c1-4-10(2)12(15)9-14(3)11-5-7-13-8-6-11/h10-11,13H,4-9H2,1-3H3. The van der Waals surface area contributed by atoms with Crippen molar-refractivity contribution in [3.63, 3.8) is 0 Å². The minimum atomic E-state index is 0.217. The van der Waals surface area contributed by atoms with Crippen molar-refractivity contribution in [2.75, 3.05) is 26.7 Å². The Labute approximate surface area is 93.2 Å². The van der Waals surface area contributed by atoms with E-state index in [9.17, 15) is 4.79 Å². The molecule has 0 aromatic heterocycles. The first kappa shape index (κ1) is 12.7. The lowest BCUT2D eigenvalue weighted by Gasteiger charge is -2.31. The van der Waals surface area contributed by atoms with Crippen molar-refractivity contribution >= 4 is 5.78 Å². The molecule has 15 heavy (non-hydrogen) atoms. The lowest BCUT2D eigenvalue weighted by Crippen LogP contribution is -2.43. The van der Waals surface area contributed by atoms with Crippen molar-refractivity contribution in [3.8, 4) is 0 Å². The Balaban J connectivity index is 2.33. The van der Waals surface area contributed by atoms with E-state index < -0.39 is 0 Å². The maximum Gasteiger partial charge on any atom is 0.149 e. The Morgan fingerprint density at radius 1 is 1.47 bits per heavy atom. The number of nitrogens with one attached hydrogen (secondary N) is 1. The van der Waals surface area contributed by atoms with Crippen LogP contribution < -0.4 is 5.32 Å². The number of Topliss-reactive ketones (excluding diaryl/α,β-unsaturated/α-hetero) is 1. The minimum absolute atomic E-state index is 0.217. The molecule has 1 aliphatic heterocycles. The Bertz CT molecular complexity index is 200. The molecule has 1 saturated heterocycles. The molecule has 3 nitrogen and oxygen atoms in total. The molecule has 0 spiro atoms. The Morgan fingerprint density at radius 2 is 2.07 bits per heavy atom. The minimum Gasteiger partial charge on any atom is -0.317 e. The Hall–Kier alpha value is -0.410. The summed E-state index contributed by atoms with van der Waals surface area (Å²) in [5, 5.41) is 3.35. The predicted octanol–water partition coefficient (Wildman–Crippen LogP) is 1.29. The third-order valence-corrected chi connectivity index (χ3v) is 3.50. The van der Waals surface area contributed by atoms with Crippen LogP contribution in [0, 0.1) is 5.92 Å². The van der Waals surface area contributed by atoms with Gasteiger partial charge in [-0.3, -0.25) is 9.69 Å². The third-order valence-electron chi connectivity index (χ3n) is 3.50. The van der Waals surface area contributed by atoms with Gasteiger partial charge in [-0.2, -0.15) is 0 Å². The lowest BCUT2D eigenvalue weighted by molar-refractivity contribution is -0.123. The molecule has 1 unspecified atom stereocenters. The van der Waals surface area contributed by atoms with Crippen LogP contribution in [0.25, 0.3) is 0 Å². The van der Waals surface area contributed by atoms with Crippen LogP contribution in [0.3, 0.4) is 0 Å². The van der Waals surface area contributed by atoms with E-state index in [4.69, 9.17) is 0 Å². The van der Waals surface area contributed by atoms with Crippen LogP contribution in [-0.4, -0.2) is 43.4 Å². The Morgan fingerprint density at radius 3 is 2.60 bits per heavy atom. The summed E-state index contributed by atoms with van der Waals surface area (Å²) in [6.45, 7) is 6.91. The summed E-state index contributed by atoms with van der Waals surface area (Å²) in [6.07, 6.45) is 3.30. The summed E-state index contributed by atoms with van der Waals surface area (Å²) in [5.41, 5.74) is 0. The molecule has 0 radical (unpaired) electrons. The molecule has 0 aromatic carbocycles. The Kier molecular flexibility index (Phi) is 5.26. The molecule has 1 N–H and O–H groups in total. The van der Waals surface area contributed by atoms with Crippen molar-refractivity contribution in [2.45, 2.75) is 39.2 Å². The molecule has 0 amide bonds. The van der Waals surface area contributed by atoms with Crippen molar-refractivity contribution in [2.24, 2.45) is 5.92 Å². The molecular formula is C12H24N2O. The number of ketones is 1. The van der Waals surface area contributed by atoms with Crippen molar-refractivity contribution in [1.29, 1.82) is 0 Å². The van der Waals surface area contributed by atoms with Gasteiger partial charge in [-0.15, -0.1) is 0 Å². The maximum atomic E-state index is 11.8. The van der Waals surface area contributed by atoms with Gasteiger partial charge in [-0.1, -0.05) is 13.8 Å². The molecule has 88 valence electrons. The highest BCUT2D eigenvalue weighted by atomic mass is 16.1. The molecule has 1 rings (SSSR count). The number of carbonyl (C=O) groups excluding carboxylic acids is 1. The number of hydrogen-bond donors (Lipinski definition) is 1. The van der Waals surface area contributed by atoms with E-state index in [0.29, 0.717) is 18.4 Å². The number of carbonyl (C=O) groups is 1. The summed E-state index contributed by atoms with van der Waals surface area (Å²) in [4.78, 5) is 14.0. The van der Waals surface area contributed by atoms with E-state index >= 15 is 0 Å². The summed E-state index contributed by atoms with van der Waals surface area (Å²) in [7, 11) is 2.08. The predicted molar refractivity (Wildman–Crippen MR) is 63.0 cm³/mol. The average molecular weight is 212 g/mol. The second-order valence-corrected chi connectivity index (χ2v) is 4.67. The van der Waals surface area contributed by atoms with Crippen LogP contribution in [-0.2, 0) is 4.79 Å². The molecule has 1 heterocycles. The topological polar surface area (TPSA) is 32.3 Å². The number of nitrogens with zero attached hydrogens (tertiary/aromatic N) is 1. The molecular weight excluding hydrogens is 188 g/mol. The van der Waals surface area contributed by atoms with Gasteiger partial charge in [0.2, 0.25) is 0 Å². The summed E-state index contributed by atoms with van der Waals surface area (Å²) in [6, 6.07) is 0.597. The molecule has 0 aliphatic carbocycles. The van der Waals surface area contributed by atoms with Crippen LogP contribution in [0.1, 0.15) is 33.1 Å². The molecule has 0 bridgehead atoms. The van der Waals surface area contributed by atoms with Crippen LogP contribution in [0.2, 0.25) is 0 Å². The van der Waals surface area contributed by atoms with Crippen LogP contribution >= 0.6 is 0 Å². The second-order valence-electron chi connectivity index (χ2n) is 4.67. The van der Waals surface area contributed by atoms with Gasteiger partial charge in [0.05, 0.1) is 6.54 Å². The highest BCUT2D eigenvalue weighted by Crippen LogP contribution is 2.11. The first-order valence-electron chi connectivity index (χ1n) is 6.08. The second kappa shape index (κ2) is 6.23. The molecule has 3 heteroatoms. The lowest BCUT2D eigenvalue weighted by atomic mass is 10.0. The zero-order valence-corrected chi connectivity index (χ0v) is 10.3. The fourth-order valence-corrected chi connectivity index (χ4v) is 2.01. The maximum absolute atomic E-state index is 11.8. The third kappa shape index (κ3) is 3.92. The monoisotopic (exact) mass is 212 g/mol. The SMILES string of the molecule is CCC(C)C(=O)CN(C)C1CCNCC1. The van der Waals surface area contributed by atoms with Crippen molar-refractivity contribution in [1.82, 2.24) is 10.2 Å². The van der Waals surface area contributed by atoms with Crippen LogP contribution in [0.15, 0.2) is 0 Å². The first-order valence-corrected chi connectivity index (χ1v) is 6.08. The summed E-state index contributed by atoms with van der Waals surface area (Å²) < 4.78 is 0. The van der Waals surface area contributed by atoms with Gasteiger partial charge in [-0.25, -0.2) is 0 Å². The zero-order chi connectivity index (χ0) is 11.3. The molecule has 0 aromatic rings. The quantitative estimate of drug-likeness (QED) is 0.745. The number of hydrogen-bond acceptors (Lipinski definition) is 3. The van der Waals surface area contributed by atoms with E-state index in [0.717, 1.165) is 19.5 Å². The molecule has 1 fully saturated rings. The number of rotatable bonds is 5. The van der Waals surface area contributed by atoms with Crippen LogP contribution in [0.4, 0.5) is 0 Å². The fraction of sp³-hybridized carbons (Fsp3) is 0.917. The molecule has 1 atom stereocenters. The van der Waals surface area contributed by atoms with Gasteiger partial charge in [-0.05, 0) is 39.4 Å². The average Bonchev–Trinajstić information content (AvgIpc) is 2.29.